The number of carboxylic acids is 1. The minimum atomic E-state index is -0.999. The van der Waals surface area contributed by atoms with E-state index in [1.165, 1.54) is 6.07 Å². The molecule has 6 heteroatoms. The van der Waals surface area contributed by atoms with Gasteiger partial charge in [-0.15, -0.1) is 0 Å². The molecule has 3 N–H and O–H groups in total. The van der Waals surface area contributed by atoms with Crippen LogP contribution >= 0.6 is 11.8 Å². The highest BCUT2D eigenvalue weighted by Gasteiger charge is 2.13. The first-order chi connectivity index (χ1) is 9.95. The predicted octanol–water partition coefficient (Wildman–Crippen LogP) is 3.35. The summed E-state index contributed by atoms with van der Waals surface area (Å²) in [7, 11) is 0. The van der Waals surface area contributed by atoms with Gasteiger partial charge in [0.1, 0.15) is 0 Å². The molecular formula is C15H22N2O3S. The first-order valence-electron chi connectivity index (χ1n) is 6.93. The SMILES string of the molecule is CCSCCC(C)NC(=O)Nc1cccc(C(=O)O)c1C. The van der Waals surface area contributed by atoms with Crippen LogP contribution in [-0.4, -0.2) is 34.7 Å². The smallest absolute Gasteiger partial charge is 0.336 e. The molecule has 5 nitrogen and oxygen atoms in total. The van der Waals surface area contributed by atoms with E-state index < -0.39 is 5.97 Å². The molecule has 1 aromatic rings. The van der Waals surface area contributed by atoms with Crippen LogP contribution in [0.15, 0.2) is 18.2 Å². The van der Waals surface area contributed by atoms with E-state index in [1.54, 1.807) is 19.1 Å². The van der Waals surface area contributed by atoms with Crippen LogP contribution in [0.3, 0.4) is 0 Å². The van der Waals surface area contributed by atoms with Gasteiger partial charge in [-0.25, -0.2) is 9.59 Å². The Balaban J connectivity index is 2.59. The molecule has 0 saturated heterocycles. The molecule has 1 rings (SSSR count). The fraction of sp³-hybridized carbons (Fsp3) is 0.467. The van der Waals surface area contributed by atoms with E-state index in [0.29, 0.717) is 11.3 Å². The summed E-state index contributed by atoms with van der Waals surface area (Å²) in [5, 5.41) is 14.6. The van der Waals surface area contributed by atoms with Gasteiger partial charge >= 0.3 is 12.0 Å². The quantitative estimate of drug-likeness (QED) is 0.675. The van der Waals surface area contributed by atoms with E-state index in [1.807, 2.05) is 18.7 Å². The Bertz CT molecular complexity index is 506. The second-order valence-corrected chi connectivity index (χ2v) is 6.16. The van der Waals surface area contributed by atoms with Gasteiger partial charge in [-0.1, -0.05) is 13.0 Å². The van der Waals surface area contributed by atoms with Crippen molar-refractivity contribution in [1.29, 1.82) is 0 Å². The van der Waals surface area contributed by atoms with Crippen molar-refractivity contribution in [1.82, 2.24) is 5.32 Å². The van der Waals surface area contributed by atoms with Crippen LogP contribution in [-0.2, 0) is 0 Å². The zero-order valence-corrected chi connectivity index (χ0v) is 13.4. The lowest BCUT2D eigenvalue weighted by atomic mass is 10.1. The lowest BCUT2D eigenvalue weighted by Crippen LogP contribution is -2.36. The predicted molar refractivity (Wildman–Crippen MR) is 87.4 cm³/mol. The molecule has 0 aliphatic heterocycles. The zero-order chi connectivity index (χ0) is 15.8. The van der Waals surface area contributed by atoms with Gasteiger partial charge in [0.2, 0.25) is 0 Å². The first-order valence-corrected chi connectivity index (χ1v) is 8.09. The van der Waals surface area contributed by atoms with Crippen LogP contribution in [0.25, 0.3) is 0 Å². The summed E-state index contributed by atoms with van der Waals surface area (Å²) >= 11 is 1.84. The van der Waals surface area contributed by atoms with Crippen molar-refractivity contribution in [2.75, 3.05) is 16.8 Å². The Morgan fingerprint density at radius 3 is 2.71 bits per heavy atom. The van der Waals surface area contributed by atoms with Crippen molar-refractivity contribution in [3.63, 3.8) is 0 Å². The number of urea groups is 1. The second kappa shape index (κ2) is 8.56. The van der Waals surface area contributed by atoms with Gasteiger partial charge in [0.05, 0.1) is 5.56 Å². The van der Waals surface area contributed by atoms with Gasteiger partial charge in [-0.05, 0) is 49.5 Å². The van der Waals surface area contributed by atoms with Crippen LogP contribution in [0, 0.1) is 6.92 Å². The van der Waals surface area contributed by atoms with E-state index >= 15 is 0 Å². The number of rotatable bonds is 7. The van der Waals surface area contributed by atoms with Crippen molar-refractivity contribution >= 4 is 29.4 Å². The molecule has 0 saturated carbocycles. The maximum absolute atomic E-state index is 11.9. The van der Waals surface area contributed by atoms with Crippen molar-refractivity contribution in [2.45, 2.75) is 33.2 Å². The number of aromatic carboxylic acids is 1. The lowest BCUT2D eigenvalue weighted by Gasteiger charge is -2.15. The number of nitrogens with one attached hydrogen (secondary N) is 2. The summed E-state index contributed by atoms with van der Waals surface area (Å²) in [4.78, 5) is 23.0. The Hall–Kier alpha value is -1.69. The van der Waals surface area contributed by atoms with Crippen LogP contribution in [0.2, 0.25) is 0 Å². The Morgan fingerprint density at radius 2 is 2.10 bits per heavy atom. The van der Waals surface area contributed by atoms with Crippen LogP contribution in [0.1, 0.15) is 36.2 Å². The monoisotopic (exact) mass is 310 g/mol. The lowest BCUT2D eigenvalue weighted by molar-refractivity contribution is 0.0696. The molecule has 116 valence electrons. The molecule has 0 aliphatic rings. The normalized spacial score (nSPS) is 11.8. The van der Waals surface area contributed by atoms with E-state index in [-0.39, 0.29) is 17.6 Å². The van der Waals surface area contributed by atoms with Crippen molar-refractivity contribution in [3.8, 4) is 0 Å². The molecule has 1 aromatic carbocycles. The molecule has 0 aliphatic carbocycles. The van der Waals surface area contributed by atoms with Crippen molar-refractivity contribution in [3.05, 3.63) is 29.3 Å². The van der Waals surface area contributed by atoms with Crippen molar-refractivity contribution < 1.29 is 14.7 Å². The molecule has 0 fully saturated rings. The average Bonchev–Trinajstić information content (AvgIpc) is 2.41. The third-order valence-corrected chi connectivity index (χ3v) is 4.02. The standard InChI is InChI=1S/C15H22N2O3S/c1-4-21-9-8-10(2)16-15(20)17-13-7-5-6-12(11(13)3)14(18)19/h5-7,10H,4,8-9H2,1-3H3,(H,18,19)(H2,16,17,20). The van der Waals surface area contributed by atoms with E-state index in [9.17, 15) is 9.59 Å². The topological polar surface area (TPSA) is 78.4 Å². The Kier molecular flexibility index (Phi) is 7.08. The van der Waals surface area contributed by atoms with E-state index in [0.717, 1.165) is 17.9 Å². The highest BCUT2D eigenvalue weighted by atomic mass is 32.2. The summed E-state index contributed by atoms with van der Waals surface area (Å²) in [6, 6.07) is 4.60. The third kappa shape index (κ3) is 5.67. The number of hydrogen-bond donors (Lipinski definition) is 3. The largest absolute Gasteiger partial charge is 0.478 e. The van der Waals surface area contributed by atoms with Gasteiger partial charge in [0, 0.05) is 11.7 Å². The second-order valence-electron chi connectivity index (χ2n) is 4.77. The highest BCUT2D eigenvalue weighted by molar-refractivity contribution is 7.99. The minimum Gasteiger partial charge on any atom is -0.478 e. The Labute approximate surface area is 129 Å². The van der Waals surface area contributed by atoms with Crippen LogP contribution < -0.4 is 10.6 Å². The Morgan fingerprint density at radius 1 is 1.38 bits per heavy atom. The molecule has 1 unspecified atom stereocenters. The third-order valence-electron chi connectivity index (χ3n) is 3.09. The molecule has 21 heavy (non-hydrogen) atoms. The first kappa shape index (κ1) is 17.4. The molecule has 1 atom stereocenters. The average molecular weight is 310 g/mol. The summed E-state index contributed by atoms with van der Waals surface area (Å²) in [6.07, 6.45) is 0.903. The molecule has 0 bridgehead atoms. The van der Waals surface area contributed by atoms with Gasteiger partial charge < -0.3 is 15.7 Å². The van der Waals surface area contributed by atoms with E-state index in [4.69, 9.17) is 5.11 Å². The summed E-state index contributed by atoms with van der Waals surface area (Å²) < 4.78 is 0. The van der Waals surface area contributed by atoms with Crippen molar-refractivity contribution in [2.24, 2.45) is 0 Å². The van der Waals surface area contributed by atoms with Gasteiger partial charge in [0.15, 0.2) is 0 Å². The number of amides is 2. The minimum absolute atomic E-state index is 0.0759. The number of carboxylic acid groups (broad SMARTS) is 1. The molecular weight excluding hydrogens is 288 g/mol. The number of anilines is 1. The zero-order valence-electron chi connectivity index (χ0n) is 12.6. The van der Waals surface area contributed by atoms with Crippen LogP contribution in [0.4, 0.5) is 10.5 Å². The van der Waals surface area contributed by atoms with Crippen LogP contribution in [0.5, 0.6) is 0 Å². The molecule has 0 spiro atoms. The summed E-state index contributed by atoms with van der Waals surface area (Å²) in [6.45, 7) is 5.74. The number of carbonyl (C=O) groups excluding carboxylic acids is 1. The van der Waals surface area contributed by atoms with Gasteiger partial charge in [-0.3, -0.25) is 0 Å². The molecule has 2 amide bonds. The summed E-state index contributed by atoms with van der Waals surface area (Å²) in [5.41, 5.74) is 1.26. The van der Waals surface area contributed by atoms with Gasteiger partial charge in [-0.2, -0.15) is 11.8 Å². The maximum Gasteiger partial charge on any atom is 0.336 e. The van der Waals surface area contributed by atoms with E-state index in [2.05, 4.69) is 17.6 Å². The number of carbonyl (C=O) groups is 2. The summed E-state index contributed by atoms with van der Waals surface area (Å²) in [5.74, 6) is 1.08. The number of thioether (sulfide) groups is 1. The fourth-order valence-corrected chi connectivity index (χ4v) is 2.67. The number of benzene rings is 1. The highest BCUT2D eigenvalue weighted by Crippen LogP contribution is 2.18. The molecule has 0 aromatic heterocycles. The maximum atomic E-state index is 11.9. The number of hydrogen-bond acceptors (Lipinski definition) is 3. The molecule has 0 radical (unpaired) electrons. The molecule has 0 heterocycles. The fourth-order valence-electron chi connectivity index (χ4n) is 1.86. The van der Waals surface area contributed by atoms with Gasteiger partial charge in [0.25, 0.3) is 0 Å².